The van der Waals surface area contributed by atoms with Crippen molar-refractivity contribution in [3.05, 3.63) is 22.8 Å². The molecule has 0 bridgehead atoms. The smallest absolute Gasteiger partial charge is 0.0205 e. The molecule has 0 saturated carbocycles. The van der Waals surface area contributed by atoms with Gasteiger partial charge in [0, 0.05) is 0 Å². The summed E-state index contributed by atoms with van der Waals surface area (Å²) in [5.41, 5.74) is 4.71. The van der Waals surface area contributed by atoms with E-state index in [1.807, 2.05) is 0 Å². The van der Waals surface area contributed by atoms with Gasteiger partial charge in [0.2, 0.25) is 0 Å². The van der Waals surface area contributed by atoms with E-state index < -0.39 is 0 Å². The Morgan fingerprint density at radius 3 is 2.06 bits per heavy atom. The van der Waals surface area contributed by atoms with Crippen molar-refractivity contribution >= 4 is 0 Å². The summed E-state index contributed by atoms with van der Waals surface area (Å²) in [4.78, 5) is 0. The molecule has 1 atom stereocenters. The monoisotopic (exact) mass is 250 g/mol. The molecule has 0 aliphatic carbocycles. The summed E-state index contributed by atoms with van der Waals surface area (Å²) in [7, 11) is 0. The van der Waals surface area contributed by atoms with Crippen LogP contribution in [0, 0.1) is 11.8 Å². The van der Waals surface area contributed by atoms with Crippen LogP contribution in [0.15, 0.2) is 22.8 Å². The predicted molar refractivity (Wildman–Crippen MR) is 84.9 cm³/mol. The van der Waals surface area contributed by atoms with Gasteiger partial charge in [0.05, 0.1) is 0 Å². The molecule has 18 heavy (non-hydrogen) atoms. The second-order valence-corrected chi connectivity index (χ2v) is 5.98. The Morgan fingerprint density at radius 1 is 1.00 bits per heavy atom. The van der Waals surface area contributed by atoms with Crippen LogP contribution >= 0.6 is 0 Å². The van der Waals surface area contributed by atoms with E-state index in [2.05, 4.69) is 54.5 Å². The molecule has 106 valence electrons. The Kier molecular flexibility index (Phi) is 9.14. The Balaban J connectivity index is 4.81. The Bertz CT molecular complexity index is 278. The zero-order chi connectivity index (χ0) is 14.1. The highest BCUT2D eigenvalue weighted by atomic mass is 14.2. The fourth-order valence-electron chi connectivity index (χ4n) is 2.38. The summed E-state index contributed by atoms with van der Waals surface area (Å²) in [6.45, 7) is 16.1. The molecule has 0 aliphatic rings. The van der Waals surface area contributed by atoms with Crippen molar-refractivity contribution in [2.75, 3.05) is 0 Å². The van der Waals surface area contributed by atoms with Gasteiger partial charge in [-0.05, 0) is 51.0 Å². The average molecular weight is 250 g/mol. The summed E-state index contributed by atoms with van der Waals surface area (Å²) in [5.74, 6) is 1.43. The van der Waals surface area contributed by atoms with E-state index in [9.17, 15) is 0 Å². The Hall–Kier alpha value is -0.520. The predicted octanol–water partition coefficient (Wildman–Crippen LogP) is 6.53. The SMILES string of the molecule is CC=C(C)C(CCCCCC)=C(C)C(C)C(C)C. The van der Waals surface area contributed by atoms with Gasteiger partial charge in [0.1, 0.15) is 0 Å². The van der Waals surface area contributed by atoms with Crippen molar-refractivity contribution in [2.24, 2.45) is 11.8 Å². The minimum atomic E-state index is 0.695. The molecule has 0 N–H and O–H groups in total. The van der Waals surface area contributed by atoms with E-state index in [1.54, 1.807) is 11.1 Å². The van der Waals surface area contributed by atoms with Crippen LogP contribution < -0.4 is 0 Å². The summed E-state index contributed by atoms with van der Waals surface area (Å²) in [5, 5.41) is 0. The molecule has 0 aromatic rings. The van der Waals surface area contributed by atoms with Crippen molar-refractivity contribution in [3.8, 4) is 0 Å². The number of unbranched alkanes of at least 4 members (excludes halogenated alkanes) is 3. The molecular weight excluding hydrogens is 216 g/mol. The molecule has 0 fully saturated rings. The third-order valence-electron chi connectivity index (χ3n) is 4.35. The minimum absolute atomic E-state index is 0.695. The zero-order valence-corrected chi connectivity index (χ0v) is 13.8. The minimum Gasteiger partial charge on any atom is -0.0844 e. The van der Waals surface area contributed by atoms with Crippen LogP contribution in [0.2, 0.25) is 0 Å². The molecule has 0 aromatic carbocycles. The van der Waals surface area contributed by atoms with E-state index in [1.165, 1.54) is 37.7 Å². The lowest BCUT2D eigenvalue weighted by atomic mass is 9.84. The molecular formula is C18H34. The van der Waals surface area contributed by atoms with Crippen molar-refractivity contribution < 1.29 is 0 Å². The first-order valence-corrected chi connectivity index (χ1v) is 7.78. The quantitative estimate of drug-likeness (QED) is 0.339. The van der Waals surface area contributed by atoms with Crippen molar-refractivity contribution in [1.82, 2.24) is 0 Å². The van der Waals surface area contributed by atoms with Crippen molar-refractivity contribution in [3.63, 3.8) is 0 Å². The Labute approximate surface area is 116 Å². The van der Waals surface area contributed by atoms with Gasteiger partial charge in [-0.2, -0.15) is 0 Å². The van der Waals surface area contributed by atoms with Gasteiger partial charge in [-0.1, -0.05) is 64.2 Å². The third-order valence-corrected chi connectivity index (χ3v) is 4.35. The fraction of sp³-hybridized carbons (Fsp3) is 0.778. The van der Waals surface area contributed by atoms with Gasteiger partial charge < -0.3 is 0 Å². The summed E-state index contributed by atoms with van der Waals surface area (Å²) in [6.07, 6.45) is 8.95. The summed E-state index contributed by atoms with van der Waals surface area (Å²) >= 11 is 0. The van der Waals surface area contributed by atoms with Crippen LogP contribution in [-0.2, 0) is 0 Å². The molecule has 0 aliphatic heterocycles. The van der Waals surface area contributed by atoms with E-state index in [-0.39, 0.29) is 0 Å². The lowest BCUT2D eigenvalue weighted by Gasteiger charge is -2.22. The van der Waals surface area contributed by atoms with Crippen LogP contribution in [0.5, 0.6) is 0 Å². The first kappa shape index (κ1) is 17.5. The van der Waals surface area contributed by atoms with Crippen molar-refractivity contribution in [2.45, 2.75) is 80.6 Å². The van der Waals surface area contributed by atoms with Gasteiger partial charge in [0.15, 0.2) is 0 Å². The largest absolute Gasteiger partial charge is 0.0844 e. The van der Waals surface area contributed by atoms with Crippen LogP contribution in [0.25, 0.3) is 0 Å². The number of rotatable bonds is 8. The lowest BCUT2D eigenvalue weighted by Crippen LogP contribution is -2.08. The molecule has 0 heteroatoms. The van der Waals surface area contributed by atoms with Crippen LogP contribution in [0.4, 0.5) is 0 Å². The first-order valence-electron chi connectivity index (χ1n) is 7.78. The van der Waals surface area contributed by atoms with E-state index in [4.69, 9.17) is 0 Å². The van der Waals surface area contributed by atoms with Crippen molar-refractivity contribution in [1.29, 1.82) is 0 Å². The highest BCUT2D eigenvalue weighted by Crippen LogP contribution is 2.29. The molecule has 1 unspecified atom stereocenters. The van der Waals surface area contributed by atoms with Crippen LogP contribution in [0.1, 0.15) is 80.6 Å². The van der Waals surface area contributed by atoms with Crippen LogP contribution in [-0.4, -0.2) is 0 Å². The average Bonchev–Trinajstić information content (AvgIpc) is 2.36. The number of hydrogen-bond acceptors (Lipinski definition) is 0. The zero-order valence-electron chi connectivity index (χ0n) is 13.8. The number of hydrogen-bond donors (Lipinski definition) is 0. The van der Waals surface area contributed by atoms with Gasteiger partial charge in [-0.25, -0.2) is 0 Å². The molecule has 0 rings (SSSR count). The topological polar surface area (TPSA) is 0 Å². The maximum absolute atomic E-state index is 2.37. The van der Waals surface area contributed by atoms with Crippen LogP contribution in [0.3, 0.4) is 0 Å². The van der Waals surface area contributed by atoms with Gasteiger partial charge in [0.25, 0.3) is 0 Å². The molecule has 0 amide bonds. The maximum atomic E-state index is 2.37. The second-order valence-electron chi connectivity index (χ2n) is 5.98. The molecule has 0 aromatic heterocycles. The molecule has 0 heterocycles. The summed E-state index contributed by atoms with van der Waals surface area (Å²) in [6, 6.07) is 0. The van der Waals surface area contributed by atoms with E-state index in [0.717, 1.165) is 5.92 Å². The Morgan fingerprint density at radius 2 is 1.61 bits per heavy atom. The highest BCUT2D eigenvalue weighted by molar-refractivity contribution is 5.33. The van der Waals surface area contributed by atoms with Gasteiger partial charge in [-0.15, -0.1) is 0 Å². The van der Waals surface area contributed by atoms with E-state index >= 15 is 0 Å². The second kappa shape index (κ2) is 9.42. The maximum Gasteiger partial charge on any atom is -0.0205 e. The lowest BCUT2D eigenvalue weighted by molar-refractivity contribution is 0.474. The van der Waals surface area contributed by atoms with Gasteiger partial charge >= 0.3 is 0 Å². The highest BCUT2D eigenvalue weighted by Gasteiger charge is 2.14. The van der Waals surface area contributed by atoms with E-state index in [0.29, 0.717) is 5.92 Å². The first-order chi connectivity index (χ1) is 8.45. The normalized spacial score (nSPS) is 15.9. The molecule has 0 spiro atoms. The summed E-state index contributed by atoms with van der Waals surface area (Å²) < 4.78 is 0. The standard InChI is InChI=1S/C18H34/c1-8-10-11-12-13-18(15(5)9-2)17(7)16(6)14(3)4/h9,14,16H,8,10-13H2,1-7H3. The third kappa shape index (κ3) is 5.89. The van der Waals surface area contributed by atoms with Gasteiger partial charge in [-0.3, -0.25) is 0 Å². The molecule has 0 saturated heterocycles. The molecule has 0 nitrogen and oxygen atoms in total. The molecule has 0 radical (unpaired) electrons. The fourth-order valence-corrected chi connectivity index (χ4v) is 2.38. The number of allylic oxidation sites excluding steroid dienone is 4.